The van der Waals surface area contributed by atoms with Crippen LogP contribution in [-0.2, 0) is 0 Å². The zero-order valence-electron chi connectivity index (χ0n) is 7.55. The van der Waals surface area contributed by atoms with Gasteiger partial charge in [0.2, 0.25) is 0 Å². The molecule has 1 aliphatic heterocycles. The number of hydrogen-bond donors (Lipinski definition) is 3. The molecular formula is C9H11ClN4. The maximum atomic E-state index is 5.98. The van der Waals surface area contributed by atoms with Gasteiger partial charge in [0.05, 0.1) is 22.9 Å². The summed E-state index contributed by atoms with van der Waals surface area (Å²) < 4.78 is 0. The predicted molar refractivity (Wildman–Crippen MR) is 59.8 cm³/mol. The fourth-order valence-electron chi connectivity index (χ4n) is 1.27. The Morgan fingerprint density at radius 2 is 2.36 bits per heavy atom. The van der Waals surface area contributed by atoms with Crippen molar-refractivity contribution in [3.63, 3.8) is 0 Å². The number of hydrogen-bond acceptors (Lipinski definition) is 4. The van der Waals surface area contributed by atoms with Crippen molar-refractivity contribution in [2.45, 2.75) is 0 Å². The molecule has 74 valence electrons. The molecule has 4 nitrogen and oxygen atoms in total. The van der Waals surface area contributed by atoms with Gasteiger partial charge >= 0.3 is 0 Å². The number of aliphatic imine (C=N–C) groups is 1. The maximum absolute atomic E-state index is 5.98. The third kappa shape index (κ3) is 1.75. The summed E-state index contributed by atoms with van der Waals surface area (Å²) in [6.07, 6.45) is 0. The number of nitrogen functional groups attached to an aromatic ring is 1. The maximum Gasteiger partial charge on any atom is 0.196 e. The second-order valence-electron chi connectivity index (χ2n) is 2.99. The molecule has 0 bridgehead atoms. The molecule has 0 saturated heterocycles. The van der Waals surface area contributed by atoms with E-state index in [0.29, 0.717) is 16.4 Å². The molecule has 0 atom stereocenters. The first-order valence-corrected chi connectivity index (χ1v) is 4.74. The van der Waals surface area contributed by atoms with Gasteiger partial charge in [0.1, 0.15) is 0 Å². The molecule has 1 aliphatic rings. The van der Waals surface area contributed by atoms with E-state index >= 15 is 0 Å². The summed E-state index contributed by atoms with van der Waals surface area (Å²) in [6.45, 7) is 1.64. The second kappa shape index (κ2) is 3.75. The summed E-state index contributed by atoms with van der Waals surface area (Å²) >= 11 is 5.98. The van der Waals surface area contributed by atoms with Gasteiger partial charge in [-0.3, -0.25) is 4.99 Å². The lowest BCUT2D eigenvalue weighted by molar-refractivity contribution is 0.959. The molecule has 1 aromatic carbocycles. The van der Waals surface area contributed by atoms with Crippen LogP contribution in [0.3, 0.4) is 0 Å². The Morgan fingerprint density at radius 1 is 1.50 bits per heavy atom. The highest BCUT2D eigenvalue weighted by atomic mass is 35.5. The molecule has 5 heteroatoms. The zero-order valence-corrected chi connectivity index (χ0v) is 8.30. The molecule has 0 radical (unpaired) electrons. The number of rotatable bonds is 1. The van der Waals surface area contributed by atoms with Gasteiger partial charge in [0, 0.05) is 6.54 Å². The Kier molecular flexibility index (Phi) is 2.45. The minimum absolute atomic E-state index is 0.599. The van der Waals surface area contributed by atoms with Gasteiger partial charge in [-0.05, 0) is 12.1 Å². The number of benzene rings is 1. The van der Waals surface area contributed by atoms with Crippen molar-refractivity contribution in [2.75, 3.05) is 24.1 Å². The average Bonchev–Trinajstić information content (AvgIpc) is 2.64. The van der Waals surface area contributed by atoms with E-state index in [1.54, 1.807) is 12.1 Å². The molecule has 1 heterocycles. The molecule has 0 spiro atoms. The summed E-state index contributed by atoms with van der Waals surface area (Å²) in [5.41, 5.74) is 7.10. The summed E-state index contributed by atoms with van der Waals surface area (Å²) in [7, 11) is 0. The number of nitrogens with one attached hydrogen (secondary N) is 2. The monoisotopic (exact) mass is 210 g/mol. The Balaban J connectivity index is 2.23. The van der Waals surface area contributed by atoms with E-state index in [4.69, 9.17) is 17.3 Å². The van der Waals surface area contributed by atoms with E-state index in [1.807, 2.05) is 6.07 Å². The van der Waals surface area contributed by atoms with E-state index in [2.05, 4.69) is 15.6 Å². The number of anilines is 2. The van der Waals surface area contributed by atoms with Crippen LogP contribution in [0.5, 0.6) is 0 Å². The second-order valence-corrected chi connectivity index (χ2v) is 3.39. The SMILES string of the molecule is Nc1cccc(Cl)c1NC1=NCCN1. The fourth-order valence-corrected chi connectivity index (χ4v) is 1.50. The summed E-state index contributed by atoms with van der Waals surface area (Å²) in [5, 5.41) is 6.74. The third-order valence-corrected chi connectivity index (χ3v) is 2.28. The summed E-state index contributed by atoms with van der Waals surface area (Å²) in [6, 6.07) is 5.40. The molecule has 4 N–H and O–H groups in total. The Hall–Kier alpha value is -1.42. The van der Waals surface area contributed by atoms with Crippen LogP contribution >= 0.6 is 11.6 Å². The highest BCUT2D eigenvalue weighted by molar-refractivity contribution is 6.34. The van der Waals surface area contributed by atoms with Gasteiger partial charge in [0.25, 0.3) is 0 Å². The van der Waals surface area contributed by atoms with E-state index < -0.39 is 0 Å². The van der Waals surface area contributed by atoms with Crippen molar-refractivity contribution in [2.24, 2.45) is 4.99 Å². The Morgan fingerprint density at radius 3 is 3.00 bits per heavy atom. The van der Waals surface area contributed by atoms with Crippen LogP contribution in [0.1, 0.15) is 0 Å². The lowest BCUT2D eigenvalue weighted by atomic mass is 10.3. The van der Waals surface area contributed by atoms with Gasteiger partial charge < -0.3 is 16.4 Å². The number of nitrogens with zero attached hydrogens (tertiary/aromatic N) is 1. The molecule has 0 unspecified atom stereocenters. The first kappa shape index (κ1) is 9.15. The summed E-state index contributed by atoms with van der Waals surface area (Å²) in [5.74, 6) is 0.727. The van der Waals surface area contributed by atoms with Crippen LogP contribution in [0.15, 0.2) is 23.2 Å². The largest absolute Gasteiger partial charge is 0.397 e. The predicted octanol–water partition coefficient (Wildman–Crippen LogP) is 1.29. The minimum atomic E-state index is 0.599. The quantitative estimate of drug-likeness (QED) is 0.613. The third-order valence-electron chi connectivity index (χ3n) is 1.96. The Labute approximate surface area is 87.2 Å². The van der Waals surface area contributed by atoms with Crippen LogP contribution in [0, 0.1) is 0 Å². The molecular weight excluding hydrogens is 200 g/mol. The smallest absolute Gasteiger partial charge is 0.196 e. The minimum Gasteiger partial charge on any atom is -0.397 e. The van der Waals surface area contributed by atoms with Crippen LogP contribution in [-0.4, -0.2) is 19.0 Å². The highest BCUT2D eigenvalue weighted by Crippen LogP contribution is 2.27. The Bertz CT molecular complexity index is 355. The van der Waals surface area contributed by atoms with Gasteiger partial charge in [-0.25, -0.2) is 0 Å². The topological polar surface area (TPSA) is 62.4 Å². The van der Waals surface area contributed by atoms with Gasteiger partial charge in [-0.2, -0.15) is 0 Å². The number of nitrogens with two attached hydrogens (primary N) is 1. The van der Waals surface area contributed by atoms with Crippen LogP contribution in [0.25, 0.3) is 0 Å². The van der Waals surface area contributed by atoms with Crippen molar-refractivity contribution < 1.29 is 0 Å². The number of halogens is 1. The molecule has 2 rings (SSSR count). The first-order valence-electron chi connectivity index (χ1n) is 4.37. The van der Waals surface area contributed by atoms with Crippen molar-refractivity contribution >= 4 is 28.9 Å². The molecule has 0 aliphatic carbocycles. The van der Waals surface area contributed by atoms with Crippen molar-refractivity contribution in [1.29, 1.82) is 0 Å². The fraction of sp³-hybridized carbons (Fsp3) is 0.222. The van der Waals surface area contributed by atoms with Crippen molar-refractivity contribution in [3.8, 4) is 0 Å². The zero-order chi connectivity index (χ0) is 9.97. The number of para-hydroxylation sites is 1. The normalized spacial score (nSPS) is 14.8. The van der Waals surface area contributed by atoms with Crippen molar-refractivity contribution in [1.82, 2.24) is 5.32 Å². The van der Waals surface area contributed by atoms with Crippen LogP contribution in [0.4, 0.5) is 11.4 Å². The van der Waals surface area contributed by atoms with Crippen LogP contribution < -0.4 is 16.4 Å². The standard InChI is InChI=1S/C9H11ClN4/c10-6-2-1-3-7(11)8(6)14-9-12-4-5-13-9/h1-3H,4-5,11H2,(H2,12,13,14). The molecule has 0 aromatic heterocycles. The van der Waals surface area contributed by atoms with Gasteiger partial charge in [0.15, 0.2) is 5.96 Å². The first-order chi connectivity index (χ1) is 6.77. The van der Waals surface area contributed by atoms with E-state index in [-0.39, 0.29) is 0 Å². The lowest BCUT2D eigenvalue weighted by Gasteiger charge is -2.10. The van der Waals surface area contributed by atoms with Crippen molar-refractivity contribution in [3.05, 3.63) is 23.2 Å². The molecule has 1 aromatic rings. The van der Waals surface area contributed by atoms with E-state index in [1.165, 1.54) is 0 Å². The van der Waals surface area contributed by atoms with E-state index in [9.17, 15) is 0 Å². The molecule has 0 fully saturated rings. The molecule has 14 heavy (non-hydrogen) atoms. The van der Waals surface area contributed by atoms with Crippen LogP contribution in [0.2, 0.25) is 5.02 Å². The number of guanidine groups is 1. The molecule has 0 saturated carbocycles. The van der Waals surface area contributed by atoms with Gasteiger partial charge in [-0.15, -0.1) is 0 Å². The summed E-state index contributed by atoms with van der Waals surface area (Å²) in [4.78, 5) is 4.19. The lowest BCUT2D eigenvalue weighted by Crippen LogP contribution is -2.26. The average molecular weight is 211 g/mol. The highest BCUT2D eigenvalue weighted by Gasteiger charge is 2.09. The van der Waals surface area contributed by atoms with E-state index in [0.717, 1.165) is 19.0 Å². The molecule has 0 amide bonds. The van der Waals surface area contributed by atoms with Gasteiger partial charge in [-0.1, -0.05) is 17.7 Å².